The minimum Gasteiger partial charge on any atom is -0.370 e. The van der Waals surface area contributed by atoms with E-state index in [1.165, 1.54) is 11.1 Å². The lowest BCUT2D eigenvalue weighted by atomic mass is 9.99. The molecule has 1 unspecified atom stereocenters. The number of alkyl halides is 1. The lowest BCUT2D eigenvalue weighted by molar-refractivity contribution is 0.737. The van der Waals surface area contributed by atoms with Crippen LogP contribution in [0.25, 0.3) is 0 Å². The van der Waals surface area contributed by atoms with Gasteiger partial charge in [0.05, 0.1) is 11.3 Å². The van der Waals surface area contributed by atoms with E-state index >= 15 is 0 Å². The lowest BCUT2D eigenvalue weighted by Gasteiger charge is -2.20. The second-order valence-electron chi connectivity index (χ2n) is 5.22. The number of benzene rings is 1. The molecule has 0 saturated heterocycles. The van der Waals surface area contributed by atoms with Gasteiger partial charge in [-0.25, -0.2) is 0 Å². The highest BCUT2D eigenvalue weighted by atomic mass is 35.5. The van der Waals surface area contributed by atoms with Gasteiger partial charge < -0.3 is 10.6 Å². The van der Waals surface area contributed by atoms with E-state index in [0.29, 0.717) is 5.88 Å². The van der Waals surface area contributed by atoms with E-state index < -0.39 is 0 Å². The molecule has 0 bridgehead atoms. The maximum absolute atomic E-state index is 9.37. The van der Waals surface area contributed by atoms with Gasteiger partial charge in [-0.05, 0) is 43.4 Å². The summed E-state index contributed by atoms with van der Waals surface area (Å²) in [4.78, 5) is 2.28. The van der Waals surface area contributed by atoms with E-state index in [2.05, 4.69) is 17.0 Å². The fourth-order valence-corrected chi connectivity index (χ4v) is 2.86. The van der Waals surface area contributed by atoms with Crippen LogP contribution in [0.2, 0.25) is 0 Å². The summed E-state index contributed by atoms with van der Waals surface area (Å²) in [5, 5.41) is 9.37. The van der Waals surface area contributed by atoms with Crippen LogP contribution in [-0.2, 0) is 12.8 Å². The van der Waals surface area contributed by atoms with Gasteiger partial charge in [0.2, 0.25) is 0 Å². The van der Waals surface area contributed by atoms with Crippen LogP contribution in [0.5, 0.6) is 0 Å². The number of nitriles is 1. The number of anilines is 1. The molecular weight excluding hydrogens is 258 g/mol. The third kappa shape index (κ3) is 3.20. The van der Waals surface area contributed by atoms with Crippen molar-refractivity contribution in [3.05, 3.63) is 28.8 Å². The largest absolute Gasteiger partial charge is 0.370 e. The molecule has 0 radical (unpaired) electrons. The summed E-state index contributed by atoms with van der Waals surface area (Å²) in [6, 6.07) is 6.65. The molecule has 1 aromatic rings. The highest BCUT2D eigenvalue weighted by Gasteiger charge is 2.23. The van der Waals surface area contributed by atoms with Gasteiger partial charge in [-0.15, -0.1) is 11.6 Å². The zero-order valence-electron chi connectivity index (χ0n) is 11.3. The SMILES string of the molecule is CC(N)Cc1cc(C#N)c2c(c1)CCN2CCCCl. The first-order chi connectivity index (χ1) is 9.15. The van der Waals surface area contributed by atoms with Crippen LogP contribution in [-0.4, -0.2) is 25.0 Å². The summed E-state index contributed by atoms with van der Waals surface area (Å²) in [5.74, 6) is 0.663. The molecule has 0 aromatic heterocycles. The van der Waals surface area contributed by atoms with Gasteiger partial charge in [-0.2, -0.15) is 5.26 Å². The fraction of sp³-hybridized carbons (Fsp3) is 0.533. The number of hydrogen-bond acceptors (Lipinski definition) is 3. The molecule has 1 heterocycles. The Bertz CT molecular complexity index is 491. The Morgan fingerprint density at radius 1 is 1.53 bits per heavy atom. The quantitative estimate of drug-likeness (QED) is 0.841. The average Bonchev–Trinajstić information content (AvgIpc) is 2.77. The minimum absolute atomic E-state index is 0.123. The van der Waals surface area contributed by atoms with Crippen molar-refractivity contribution in [3.63, 3.8) is 0 Å². The first-order valence-electron chi connectivity index (χ1n) is 6.78. The van der Waals surface area contributed by atoms with E-state index in [1.54, 1.807) is 0 Å². The van der Waals surface area contributed by atoms with Gasteiger partial charge in [0.25, 0.3) is 0 Å². The number of rotatable bonds is 5. The Morgan fingerprint density at radius 3 is 2.95 bits per heavy atom. The molecule has 3 nitrogen and oxygen atoms in total. The van der Waals surface area contributed by atoms with E-state index in [-0.39, 0.29) is 6.04 Å². The topological polar surface area (TPSA) is 53.1 Å². The van der Waals surface area contributed by atoms with Crippen molar-refractivity contribution in [1.29, 1.82) is 5.26 Å². The molecule has 1 aliphatic rings. The number of nitrogens with two attached hydrogens (primary N) is 1. The first kappa shape index (κ1) is 14.2. The van der Waals surface area contributed by atoms with Gasteiger partial charge in [0.1, 0.15) is 6.07 Å². The van der Waals surface area contributed by atoms with Crippen LogP contribution in [0.1, 0.15) is 30.0 Å². The van der Waals surface area contributed by atoms with Crippen molar-refractivity contribution < 1.29 is 0 Å². The maximum Gasteiger partial charge on any atom is 0.101 e. The smallest absolute Gasteiger partial charge is 0.101 e. The molecular formula is C15H20ClN3. The van der Waals surface area contributed by atoms with E-state index in [0.717, 1.165) is 43.6 Å². The second kappa shape index (κ2) is 6.27. The summed E-state index contributed by atoms with van der Waals surface area (Å²) < 4.78 is 0. The molecule has 2 rings (SSSR count). The normalized spacial score (nSPS) is 15.2. The molecule has 1 atom stereocenters. The molecule has 0 aliphatic carbocycles. The van der Waals surface area contributed by atoms with Gasteiger partial charge in [0.15, 0.2) is 0 Å². The molecule has 19 heavy (non-hydrogen) atoms. The minimum atomic E-state index is 0.123. The molecule has 0 fully saturated rings. The van der Waals surface area contributed by atoms with Gasteiger partial charge in [-0.1, -0.05) is 6.07 Å². The van der Waals surface area contributed by atoms with E-state index in [4.69, 9.17) is 17.3 Å². The molecule has 1 aliphatic heterocycles. The Kier molecular flexibility index (Phi) is 4.68. The summed E-state index contributed by atoms with van der Waals surface area (Å²) in [7, 11) is 0. The third-order valence-electron chi connectivity index (χ3n) is 3.46. The molecule has 2 N–H and O–H groups in total. The van der Waals surface area contributed by atoms with E-state index in [9.17, 15) is 5.26 Å². The van der Waals surface area contributed by atoms with Crippen molar-refractivity contribution >= 4 is 17.3 Å². The Morgan fingerprint density at radius 2 is 2.32 bits per heavy atom. The molecule has 1 aromatic carbocycles. The van der Waals surface area contributed by atoms with E-state index in [1.807, 2.05) is 13.0 Å². The first-order valence-corrected chi connectivity index (χ1v) is 7.31. The predicted octanol–water partition coefficient (Wildman–Crippen LogP) is 2.44. The summed E-state index contributed by atoms with van der Waals surface area (Å²) in [6.07, 6.45) is 2.79. The van der Waals surface area contributed by atoms with Crippen LogP contribution in [0.3, 0.4) is 0 Å². The number of fused-ring (bicyclic) bond motifs is 1. The van der Waals surface area contributed by atoms with Gasteiger partial charge in [0, 0.05) is 25.0 Å². The third-order valence-corrected chi connectivity index (χ3v) is 3.72. The number of nitrogens with zero attached hydrogens (tertiary/aromatic N) is 2. The van der Waals surface area contributed by atoms with Crippen LogP contribution in [0.15, 0.2) is 12.1 Å². The zero-order valence-corrected chi connectivity index (χ0v) is 12.1. The number of halogens is 1. The number of hydrogen-bond donors (Lipinski definition) is 1. The standard InChI is InChI=1S/C15H20ClN3/c1-11(18)7-12-8-13-3-6-19(5-2-4-16)15(13)14(9-12)10-17/h8-9,11H,2-7,18H2,1H3. The summed E-state index contributed by atoms with van der Waals surface area (Å²) in [6.45, 7) is 3.91. The zero-order chi connectivity index (χ0) is 13.8. The Hall–Kier alpha value is -1.24. The molecule has 4 heteroatoms. The molecule has 0 amide bonds. The lowest BCUT2D eigenvalue weighted by Crippen LogP contribution is -2.23. The van der Waals surface area contributed by atoms with Crippen molar-refractivity contribution in [2.24, 2.45) is 5.73 Å². The fourth-order valence-electron chi connectivity index (χ4n) is 2.74. The maximum atomic E-state index is 9.37. The van der Waals surface area contributed by atoms with Crippen LogP contribution in [0, 0.1) is 11.3 Å². The predicted molar refractivity (Wildman–Crippen MR) is 79.8 cm³/mol. The van der Waals surface area contributed by atoms with Gasteiger partial charge >= 0.3 is 0 Å². The highest BCUT2D eigenvalue weighted by molar-refractivity contribution is 6.17. The van der Waals surface area contributed by atoms with Crippen molar-refractivity contribution in [2.75, 3.05) is 23.9 Å². The molecule has 102 valence electrons. The molecule has 0 saturated carbocycles. The van der Waals surface area contributed by atoms with Gasteiger partial charge in [-0.3, -0.25) is 0 Å². The second-order valence-corrected chi connectivity index (χ2v) is 5.60. The van der Waals surface area contributed by atoms with Crippen LogP contribution in [0.4, 0.5) is 5.69 Å². The van der Waals surface area contributed by atoms with Crippen LogP contribution < -0.4 is 10.6 Å². The Labute approximate surface area is 120 Å². The van der Waals surface area contributed by atoms with Crippen molar-refractivity contribution in [3.8, 4) is 6.07 Å². The summed E-state index contributed by atoms with van der Waals surface area (Å²) >= 11 is 5.76. The van der Waals surface area contributed by atoms with Crippen molar-refractivity contribution in [2.45, 2.75) is 32.2 Å². The monoisotopic (exact) mass is 277 g/mol. The van der Waals surface area contributed by atoms with Crippen LogP contribution >= 0.6 is 11.6 Å². The average molecular weight is 278 g/mol. The summed E-state index contributed by atoms with van der Waals surface area (Å²) in [5.41, 5.74) is 10.2. The van der Waals surface area contributed by atoms with Crippen molar-refractivity contribution in [1.82, 2.24) is 0 Å². The Balaban J connectivity index is 2.30. The molecule has 0 spiro atoms. The highest BCUT2D eigenvalue weighted by Crippen LogP contribution is 2.33.